The predicted octanol–water partition coefficient (Wildman–Crippen LogP) is 1.96. The second-order valence-corrected chi connectivity index (χ2v) is 4.63. The molecule has 0 saturated carbocycles. The Morgan fingerprint density at radius 1 is 1.17 bits per heavy atom. The molecule has 1 fully saturated rings. The number of anilines is 2. The van der Waals surface area contributed by atoms with Crippen LogP contribution in [-0.4, -0.2) is 31.3 Å². The maximum atomic E-state index is 6.15. The van der Waals surface area contributed by atoms with Crippen molar-refractivity contribution in [1.82, 2.24) is 4.98 Å². The van der Waals surface area contributed by atoms with Crippen molar-refractivity contribution in [2.45, 2.75) is 6.92 Å². The Kier molecular flexibility index (Phi) is 2.80. The van der Waals surface area contributed by atoms with Crippen molar-refractivity contribution in [2.24, 2.45) is 0 Å². The molecule has 0 bridgehead atoms. The summed E-state index contributed by atoms with van der Waals surface area (Å²) in [6.07, 6.45) is 1.84. The van der Waals surface area contributed by atoms with Crippen LogP contribution in [0.25, 0.3) is 10.8 Å². The average Bonchev–Trinajstić information content (AvgIpc) is 2.43. The molecule has 2 heterocycles. The number of nitrogens with zero attached hydrogens (tertiary/aromatic N) is 2. The minimum Gasteiger partial charge on any atom is -0.398 e. The molecule has 0 aliphatic carbocycles. The molecule has 0 amide bonds. The molecule has 2 aromatic rings. The minimum absolute atomic E-state index is 0.763. The number of ether oxygens (including phenoxy) is 1. The minimum atomic E-state index is 0.763. The Hall–Kier alpha value is -1.81. The number of aryl methyl sites for hydroxylation is 1. The van der Waals surface area contributed by atoms with Crippen LogP contribution in [0.2, 0.25) is 0 Å². The van der Waals surface area contributed by atoms with Gasteiger partial charge in [0.05, 0.1) is 13.2 Å². The highest BCUT2D eigenvalue weighted by molar-refractivity contribution is 6.00. The highest BCUT2D eigenvalue weighted by Gasteiger charge is 2.15. The van der Waals surface area contributed by atoms with Crippen molar-refractivity contribution in [3.63, 3.8) is 0 Å². The third kappa shape index (κ3) is 1.78. The molecule has 1 aliphatic rings. The van der Waals surface area contributed by atoms with E-state index in [0.717, 1.165) is 54.1 Å². The molecule has 3 rings (SSSR count). The smallest absolute Gasteiger partial charge is 0.136 e. The summed E-state index contributed by atoms with van der Waals surface area (Å²) < 4.78 is 5.38. The van der Waals surface area contributed by atoms with Gasteiger partial charge in [-0.3, -0.25) is 0 Å². The van der Waals surface area contributed by atoms with Crippen LogP contribution in [0.15, 0.2) is 24.4 Å². The largest absolute Gasteiger partial charge is 0.398 e. The summed E-state index contributed by atoms with van der Waals surface area (Å²) >= 11 is 0. The van der Waals surface area contributed by atoms with Gasteiger partial charge in [0.1, 0.15) is 5.82 Å². The van der Waals surface area contributed by atoms with Crippen molar-refractivity contribution < 1.29 is 4.74 Å². The molecule has 0 unspecified atom stereocenters. The summed E-state index contributed by atoms with van der Waals surface area (Å²) in [6, 6.07) is 6.16. The van der Waals surface area contributed by atoms with Gasteiger partial charge < -0.3 is 15.4 Å². The Morgan fingerprint density at radius 2 is 1.94 bits per heavy atom. The van der Waals surface area contributed by atoms with E-state index in [-0.39, 0.29) is 0 Å². The molecule has 2 N–H and O–H groups in total. The second-order valence-electron chi connectivity index (χ2n) is 4.63. The molecule has 4 heteroatoms. The van der Waals surface area contributed by atoms with Crippen LogP contribution in [0, 0.1) is 6.92 Å². The van der Waals surface area contributed by atoms with E-state index in [1.807, 2.05) is 19.2 Å². The number of nitrogen functional groups attached to an aromatic ring is 1. The third-order valence-electron chi connectivity index (χ3n) is 3.49. The Morgan fingerprint density at radius 3 is 2.72 bits per heavy atom. The fourth-order valence-corrected chi connectivity index (χ4v) is 2.40. The number of hydrogen-bond acceptors (Lipinski definition) is 4. The van der Waals surface area contributed by atoms with Gasteiger partial charge in [-0.25, -0.2) is 4.98 Å². The lowest BCUT2D eigenvalue weighted by Gasteiger charge is -2.28. The Bertz CT molecular complexity index is 577. The van der Waals surface area contributed by atoms with E-state index in [4.69, 9.17) is 10.5 Å². The number of rotatable bonds is 1. The number of morpholine rings is 1. The fourth-order valence-electron chi connectivity index (χ4n) is 2.40. The summed E-state index contributed by atoms with van der Waals surface area (Å²) in [4.78, 5) is 6.78. The molecule has 1 aliphatic heterocycles. The summed E-state index contributed by atoms with van der Waals surface area (Å²) in [6.45, 7) is 5.34. The van der Waals surface area contributed by atoms with Crippen molar-refractivity contribution in [3.05, 3.63) is 30.0 Å². The lowest BCUT2D eigenvalue weighted by molar-refractivity contribution is 0.122. The van der Waals surface area contributed by atoms with Gasteiger partial charge in [-0.2, -0.15) is 0 Å². The first kappa shape index (κ1) is 11.3. The van der Waals surface area contributed by atoms with Gasteiger partial charge in [0.25, 0.3) is 0 Å². The fraction of sp³-hybridized carbons (Fsp3) is 0.357. The van der Waals surface area contributed by atoms with Gasteiger partial charge in [-0.05, 0) is 18.6 Å². The molecule has 1 aromatic heterocycles. The maximum absolute atomic E-state index is 6.15. The first-order chi connectivity index (χ1) is 8.77. The van der Waals surface area contributed by atoms with E-state index < -0.39 is 0 Å². The zero-order valence-corrected chi connectivity index (χ0v) is 10.5. The normalized spacial score (nSPS) is 16.2. The molecule has 18 heavy (non-hydrogen) atoms. The number of benzene rings is 1. The number of nitrogens with two attached hydrogens (primary N) is 1. The van der Waals surface area contributed by atoms with Crippen LogP contribution in [-0.2, 0) is 4.74 Å². The molecular formula is C14H17N3O. The zero-order valence-electron chi connectivity index (χ0n) is 10.5. The van der Waals surface area contributed by atoms with E-state index in [1.54, 1.807) is 0 Å². The predicted molar refractivity (Wildman–Crippen MR) is 73.9 cm³/mol. The molecule has 1 aromatic carbocycles. The van der Waals surface area contributed by atoms with Crippen LogP contribution in [0.3, 0.4) is 0 Å². The molecule has 0 radical (unpaired) electrons. The van der Waals surface area contributed by atoms with Crippen LogP contribution >= 0.6 is 0 Å². The number of fused-ring (bicyclic) bond motifs is 1. The quantitative estimate of drug-likeness (QED) is 0.778. The van der Waals surface area contributed by atoms with E-state index in [0.29, 0.717) is 0 Å². The summed E-state index contributed by atoms with van der Waals surface area (Å²) in [5, 5.41) is 2.22. The standard InChI is InChI=1S/C14H17N3O/c1-10-2-3-12-11(13(10)15)4-5-16-14(12)17-6-8-18-9-7-17/h2-5H,6-9,15H2,1H3. The Balaban J connectivity index is 2.14. The Labute approximate surface area is 106 Å². The monoisotopic (exact) mass is 243 g/mol. The van der Waals surface area contributed by atoms with Gasteiger partial charge >= 0.3 is 0 Å². The second kappa shape index (κ2) is 4.46. The molecule has 4 nitrogen and oxygen atoms in total. The molecule has 0 atom stereocenters. The van der Waals surface area contributed by atoms with E-state index in [2.05, 4.69) is 22.0 Å². The lowest BCUT2D eigenvalue weighted by Crippen LogP contribution is -2.36. The summed E-state index contributed by atoms with van der Waals surface area (Å²) in [5.41, 5.74) is 8.11. The van der Waals surface area contributed by atoms with Crippen LogP contribution in [0.5, 0.6) is 0 Å². The SMILES string of the molecule is Cc1ccc2c(N3CCOCC3)nccc2c1N. The van der Waals surface area contributed by atoms with Crippen molar-refractivity contribution in [1.29, 1.82) is 0 Å². The first-order valence-corrected chi connectivity index (χ1v) is 6.24. The molecule has 94 valence electrons. The molecular weight excluding hydrogens is 226 g/mol. The van der Waals surface area contributed by atoms with Crippen molar-refractivity contribution in [2.75, 3.05) is 36.9 Å². The maximum Gasteiger partial charge on any atom is 0.136 e. The lowest BCUT2D eigenvalue weighted by atomic mass is 10.1. The van der Waals surface area contributed by atoms with E-state index >= 15 is 0 Å². The van der Waals surface area contributed by atoms with Crippen molar-refractivity contribution in [3.8, 4) is 0 Å². The average molecular weight is 243 g/mol. The third-order valence-corrected chi connectivity index (χ3v) is 3.49. The van der Waals surface area contributed by atoms with Crippen LogP contribution < -0.4 is 10.6 Å². The highest BCUT2D eigenvalue weighted by Crippen LogP contribution is 2.30. The molecule has 0 spiro atoms. The van der Waals surface area contributed by atoms with E-state index in [1.165, 1.54) is 0 Å². The number of pyridine rings is 1. The van der Waals surface area contributed by atoms with E-state index in [9.17, 15) is 0 Å². The topological polar surface area (TPSA) is 51.4 Å². The summed E-state index contributed by atoms with van der Waals surface area (Å²) in [5.74, 6) is 1.02. The van der Waals surface area contributed by atoms with Gasteiger partial charge in [0.2, 0.25) is 0 Å². The van der Waals surface area contributed by atoms with Gasteiger partial charge in [-0.15, -0.1) is 0 Å². The van der Waals surface area contributed by atoms with Gasteiger partial charge in [-0.1, -0.05) is 12.1 Å². The zero-order chi connectivity index (χ0) is 12.5. The van der Waals surface area contributed by atoms with Crippen LogP contribution in [0.4, 0.5) is 11.5 Å². The van der Waals surface area contributed by atoms with Gasteiger partial charge in [0, 0.05) is 35.7 Å². The van der Waals surface area contributed by atoms with Crippen LogP contribution in [0.1, 0.15) is 5.56 Å². The van der Waals surface area contributed by atoms with Crippen molar-refractivity contribution >= 4 is 22.3 Å². The highest BCUT2D eigenvalue weighted by atomic mass is 16.5. The van der Waals surface area contributed by atoms with Gasteiger partial charge in [0.15, 0.2) is 0 Å². The number of aromatic nitrogens is 1. The summed E-state index contributed by atoms with van der Waals surface area (Å²) in [7, 11) is 0. The number of hydrogen-bond donors (Lipinski definition) is 1. The first-order valence-electron chi connectivity index (χ1n) is 6.24. The molecule has 1 saturated heterocycles.